The number of nitrogens with one attached hydrogen (secondary N) is 1. The minimum Gasteiger partial charge on any atom is -0.484 e. The van der Waals surface area contributed by atoms with Crippen molar-refractivity contribution in [2.75, 3.05) is 37.7 Å². The van der Waals surface area contributed by atoms with Crippen LogP contribution >= 0.6 is 0 Å². The lowest BCUT2D eigenvalue weighted by atomic mass is 10.2. The zero-order valence-electron chi connectivity index (χ0n) is 14.9. The van der Waals surface area contributed by atoms with Crippen LogP contribution in [0.1, 0.15) is 6.92 Å². The minimum absolute atomic E-state index is 0.0620. The van der Waals surface area contributed by atoms with Gasteiger partial charge in [0.2, 0.25) is 0 Å². The second-order valence-corrected chi connectivity index (χ2v) is 6.02. The van der Waals surface area contributed by atoms with Gasteiger partial charge in [-0.2, -0.15) is 0 Å². The molecule has 0 radical (unpaired) electrons. The highest BCUT2D eigenvalue weighted by Gasteiger charge is 2.29. The number of ether oxygens (including phenoxy) is 2. The molecule has 1 aliphatic heterocycles. The average Bonchev–Trinajstić information content (AvgIpc) is 2.67. The van der Waals surface area contributed by atoms with Crippen molar-refractivity contribution in [3.63, 3.8) is 0 Å². The van der Waals surface area contributed by atoms with E-state index in [2.05, 4.69) is 15.0 Å². The molecule has 10 heteroatoms. The Morgan fingerprint density at radius 2 is 2.07 bits per heavy atom. The molecule has 3 rings (SSSR count). The third kappa shape index (κ3) is 4.46. The summed E-state index contributed by atoms with van der Waals surface area (Å²) < 4.78 is 11.1. The lowest BCUT2D eigenvalue weighted by molar-refractivity contribution is 0.135. The van der Waals surface area contributed by atoms with E-state index < -0.39 is 6.09 Å². The third-order valence-electron chi connectivity index (χ3n) is 4.18. The molecular weight excluding hydrogens is 354 g/mol. The molecule has 1 fully saturated rings. The van der Waals surface area contributed by atoms with Crippen LogP contribution in [-0.2, 0) is 0 Å². The maximum atomic E-state index is 11.6. The molecule has 0 aliphatic carbocycles. The number of hydrogen-bond donors (Lipinski definition) is 2. The van der Waals surface area contributed by atoms with E-state index in [0.29, 0.717) is 31.3 Å². The van der Waals surface area contributed by atoms with Crippen LogP contribution in [0.5, 0.6) is 11.6 Å². The van der Waals surface area contributed by atoms with Gasteiger partial charge in [-0.1, -0.05) is 0 Å². The highest BCUT2D eigenvalue weighted by Crippen LogP contribution is 2.26. The molecule has 144 valence electrons. The summed E-state index contributed by atoms with van der Waals surface area (Å²) in [4.78, 5) is 37.2. The number of anilines is 1. The van der Waals surface area contributed by atoms with Gasteiger partial charge in [0, 0.05) is 44.3 Å². The average molecular weight is 375 g/mol. The fraction of sp³-hybridized carbons (Fsp3) is 0.412. The molecule has 1 saturated heterocycles. The summed E-state index contributed by atoms with van der Waals surface area (Å²) in [5.41, 5.74) is -0.303. The molecule has 2 aromatic rings. The molecular formula is C17H21N5O5. The summed E-state index contributed by atoms with van der Waals surface area (Å²) in [6, 6.07) is 3.19. The molecule has 1 aliphatic rings. The number of carbonyl (C=O) groups is 1. The largest absolute Gasteiger partial charge is 0.484 e. The van der Waals surface area contributed by atoms with Crippen LogP contribution in [-0.4, -0.2) is 69.9 Å². The molecule has 2 aromatic heterocycles. The van der Waals surface area contributed by atoms with Crippen LogP contribution in [0, 0.1) is 0 Å². The lowest BCUT2D eigenvalue weighted by Gasteiger charge is -2.39. The van der Waals surface area contributed by atoms with Gasteiger partial charge in [0.05, 0.1) is 0 Å². The van der Waals surface area contributed by atoms with Crippen molar-refractivity contribution in [1.29, 1.82) is 0 Å². The highest BCUT2D eigenvalue weighted by atomic mass is 16.5. The quantitative estimate of drug-likeness (QED) is 0.712. The molecule has 0 aromatic carbocycles. The van der Waals surface area contributed by atoms with Crippen LogP contribution in [0.2, 0.25) is 0 Å². The van der Waals surface area contributed by atoms with Crippen LogP contribution in [0.3, 0.4) is 0 Å². The molecule has 27 heavy (non-hydrogen) atoms. The van der Waals surface area contributed by atoms with E-state index in [0.717, 1.165) is 0 Å². The van der Waals surface area contributed by atoms with Gasteiger partial charge in [0.15, 0.2) is 11.6 Å². The van der Waals surface area contributed by atoms with E-state index in [-0.39, 0.29) is 30.6 Å². The topological polar surface area (TPSA) is 121 Å². The van der Waals surface area contributed by atoms with Gasteiger partial charge in [-0.25, -0.2) is 14.8 Å². The number of aromatic amines is 1. The number of aromatic nitrogens is 3. The Balaban J connectivity index is 1.60. The first-order valence-electron chi connectivity index (χ1n) is 8.55. The van der Waals surface area contributed by atoms with Gasteiger partial charge >= 0.3 is 6.09 Å². The molecule has 0 saturated carbocycles. The minimum atomic E-state index is -0.926. The molecule has 1 amide bonds. The molecule has 0 unspecified atom stereocenters. The summed E-state index contributed by atoms with van der Waals surface area (Å²) in [7, 11) is 0. The van der Waals surface area contributed by atoms with E-state index in [1.807, 2.05) is 11.8 Å². The van der Waals surface area contributed by atoms with Crippen LogP contribution in [0.4, 0.5) is 10.6 Å². The first-order chi connectivity index (χ1) is 13.1. The number of rotatable bonds is 6. The first-order valence-corrected chi connectivity index (χ1v) is 8.55. The number of nitrogens with zero attached hydrogens (tertiary/aromatic N) is 4. The Morgan fingerprint density at radius 3 is 2.81 bits per heavy atom. The van der Waals surface area contributed by atoms with E-state index in [1.54, 1.807) is 18.3 Å². The highest BCUT2D eigenvalue weighted by molar-refractivity contribution is 5.65. The number of piperazine rings is 1. The Morgan fingerprint density at radius 1 is 1.30 bits per heavy atom. The molecule has 10 nitrogen and oxygen atoms in total. The summed E-state index contributed by atoms with van der Waals surface area (Å²) in [5.74, 6) is 1.13. The van der Waals surface area contributed by atoms with Crippen LogP contribution < -0.4 is 19.9 Å². The maximum Gasteiger partial charge on any atom is 0.407 e. The monoisotopic (exact) mass is 375 g/mol. The fourth-order valence-electron chi connectivity index (χ4n) is 2.87. The second kappa shape index (κ2) is 8.39. The van der Waals surface area contributed by atoms with Gasteiger partial charge in [-0.3, -0.25) is 4.79 Å². The van der Waals surface area contributed by atoms with E-state index in [4.69, 9.17) is 14.6 Å². The van der Waals surface area contributed by atoms with Crippen LogP contribution in [0.15, 0.2) is 35.5 Å². The van der Waals surface area contributed by atoms with Gasteiger partial charge in [0.1, 0.15) is 13.2 Å². The number of H-pyrrole nitrogens is 1. The Labute approximate surface area is 155 Å². The summed E-state index contributed by atoms with van der Waals surface area (Å²) >= 11 is 0. The molecule has 0 bridgehead atoms. The molecule has 2 N–H and O–H groups in total. The smallest absolute Gasteiger partial charge is 0.407 e. The number of pyridine rings is 1. The van der Waals surface area contributed by atoms with E-state index in [1.165, 1.54) is 17.3 Å². The zero-order chi connectivity index (χ0) is 19.2. The summed E-state index contributed by atoms with van der Waals surface area (Å²) in [6.07, 6.45) is 3.70. The first kappa shape index (κ1) is 18.5. The molecule has 3 heterocycles. The lowest BCUT2D eigenvalue weighted by Crippen LogP contribution is -2.53. The Bertz CT molecular complexity index is 842. The fourth-order valence-corrected chi connectivity index (χ4v) is 2.87. The van der Waals surface area contributed by atoms with Crippen molar-refractivity contribution in [3.05, 3.63) is 41.1 Å². The predicted molar refractivity (Wildman–Crippen MR) is 96.5 cm³/mol. The van der Waals surface area contributed by atoms with Gasteiger partial charge in [0.25, 0.3) is 11.4 Å². The van der Waals surface area contributed by atoms with Crippen molar-refractivity contribution >= 4 is 11.9 Å². The summed E-state index contributed by atoms with van der Waals surface area (Å²) in [6.45, 7) is 3.55. The van der Waals surface area contributed by atoms with Crippen molar-refractivity contribution in [2.24, 2.45) is 0 Å². The zero-order valence-corrected chi connectivity index (χ0v) is 14.9. The van der Waals surface area contributed by atoms with Crippen LogP contribution in [0.25, 0.3) is 0 Å². The second-order valence-electron chi connectivity index (χ2n) is 6.02. The normalized spacial score (nSPS) is 16.9. The number of carboxylic acid groups (broad SMARTS) is 1. The SMILES string of the molecule is C[C@@H]1CN(C(=O)O)CCN1c1nccnc1OCCOc1ccc[nH]c1=O. The third-order valence-corrected chi connectivity index (χ3v) is 4.18. The molecule has 0 spiro atoms. The Hall–Kier alpha value is -3.30. The summed E-state index contributed by atoms with van der Waals surface area (Å²) in [5, 5.41) is 9.14. The van der Waals surface area contributed by atoms with Crippen molar-refractivity contribution < 1.29 is 19.4 Å². The Kier molecular flexibility index (Phi) is 5.74. The number of hydrogen-bond acceptors (Lipinski definition) is 7. The predicted octanol–water partition coefficient (Wildman–Crippen LogP) is 0.811. The van der Waals surface area contributed by atoms with Gasteiger partial charge in [-0.05, 0) is 19.1 Å². The van der Waals surface area contributed by atoms with E-state index >= 15 is 0 Å². The van der Waals surface area contributed by atoms with Crippen molar-refractivity contribution in [2.45, 2.75) is 13.0 Å². The standard InChI is InChI=1S/C17H21N5O5/c1-12-11-21(17(24)25)7-8-22(12)14-16(20-6-5-18-14)27-10-9-26-13-3-2-4-19-15(13)23/h2-6,12H,7-11H2,1H3,(H,19,23)(H,24,25)/t12-/m1/s1. The van der Waals surface area contributed by atoms with Gasteiger partial charge < -0.3 is 29.4 Å². The van der Waals surface area contributed by atoms with Crippen molar-refractivity contribution in [3.8, 4) is 11.6 Å². The number of amides is 1. The van der Waals surface area contributed by atoms with E-state index in [9.17, 15) is 9.59 Å². The van der Waals surface area contributed by atoms with Crippen molar-refractivity contribution in [1.82, 2.24) is 19.9 Å². The molecule has 1 atom stereocenters. The maximum absolute atomic E-state index is 11.6. The van der Waals surface area contributed by atoms with Gasteiger partial charge in [-0.15, -0.1) is 0 Å².